The maximum atomic E-state index is 12.3. The summed E-state index contributed by atoms with van der Waals surface area (Å²) in [5.74, 6) is 0.279. The molecule has 0 bridgehead atoms. The fourth-order valence-electron chi connectivity index (χ4n) is 2.43. The number of hydrogen-bond acceptors (Lipinski definition) is 6. The number of alkyl carbamates (subject to hydrolysis) is 1. The molecule has 0 atom stereocenters. The summed E-state index contributed by atoms with van der Waals surface area (Å²) in [6, 6.07) is 7.65. The van der Waals surface area contributed by atoms with E-state index in [2.05, 4.69) is 10.3 Å². The van der Waals surface area contributed by atoms with E-state index in [1.807, 2.05) is 70.4 Å². The Kier molecular flexibility index (Phi) is 6.98. The molecule has 1 aromatic carbocycles. The third-order valence-corrected chi connectivity index (χ3v) is 4.31. The van der Waals surface area contributed by atoms with Gasteiger partial charge in [0.1, 0.15) is 17.7 Å². The Morgan fingerprint density at radius 3 is 2.36 bits per heavy atom. The fraction of sp³-hybridized carbons (Fsp3) is 0.550. The molecule has 7 nitrogen and oxygen atoms in total. The zero-order valence-corrected chi connectivity index (χ0v) is 18.2. The van der Waals surface area contributed by atoms with Gasteiger partial charge in [0.05, 0.1) is 11.0 Å². The summed E-state index contributed by atoms with van der Waals surface area (Å²) < 4.78 is 12.5. The predicted octanol–water partition coefficient (Wildman–Crippen LogP) is 3.99. The van der Waals surface area contributed by atoms with E-state index in [9.17, 15) is 9.59 Å². The summed E-state index contributed by atoms with van der Waals surface area (Å²) in [7, 11) is 0. The Morgan fingerprint density at radius 2 is 1.71 bits per heavy atom. The van der Waals surface area contributed by atoms with Crippen LogP contribution in [-0.2, 0) is 20.8 Å². The number of ether oxygens (including phenoxy) is 2. The van der Waals surface area contributed by atoms with Crippen LogP contribution < -0.4 is 5.32 Å². The van der Waals surface area contributed by atoms with Crippen molar-refractivity contribution < 1.29 is 19.1 Å². The van der Waals surface area contributed by atoms with Crippen LogP contribution in [0.3, 0.4) is 0 Å². The Hall–Kier alpha value is -2.22. The number of aromatic nitrogens is 2. The van der Waals surface area contributed by atoms with Crippen LogP contribution >= 0.6 is 11.8 Å². The van der Waals surface area contributed by atoms with Crippen LogP contribution in [0.5, 0.6) is 0 Å². The lowest BCUT2D eigenvalue weighted by atomic mass is 10.2. The summed E-state index contributed by atoms with van der Waals surface area (Å²) in [6.07, 6.45) is -0.449. The zero-order valence-electron chi connectivity index (χ0n) is 17.4. The first-order valence-electron chi connectivity index (χ1n) is 9.21. The van der Waals surface area contributed by atoms with Gasteiger partial charge in [0, 0.05) is 12.3 Å². The van der Waals surface area contributed by atoms with Crippen LogP contribution in [0.4, 0.5) is 4.79 Å². The van der Waals surface area contributed by atoms with Crippen molar-refractivity contribution in [2.24, 2.45) is 0 Å². The van der Waals surface area contributed by atoms with E-state index in [4.69, 9.17) is 9.47 Å². The van der Waals surface area contributed by atoms with Crippen molar-refractivity contribution >= 4 is 34.9 Å². The van der Waals surface area contributed by atoms with Gasteiger partial charge in [-0.1, -0.05) is 23.9 Å². The first kappa shape index (κ1) is 22.1. The molecule has 8 heteroatoms. The van der Waals surface area contributed by atoms with E-state index in [0.717, 1.165) is 11.0 Å². The number of nitrogens with zero attached hydrogens (tertiary/aromatic N) is 2. The molecule has 1 heterocycles. The average Bonchev–Trinajstić information content (AvgIpc) is 2.86. The number of carbonyl (C=O) groups is 2. The number of benzene rings is 1. The Balaban J connectivity index is 2.03. The molecule has 0 radical (unpaired) electrons. The molecule has 0 unspecified atom stereocenters. The molecular weight excluding hydrogens is 378 g/mol. The number of nitrogens with one attached hydrogen (secondary N) is 1. The van der Waals surface area contributed by atoms with Crippen LogP contribution in [0.25, 0.3) is 11.0 Å². The molecule has 28 heavy (non-hydrogen) atoms. The third-order valence-electron chi connectivity index (χ3n) is 3.33. The fourth-order valence-corrected chi connectivity index (χ4v) is 3.30. The summed E-state index contributed by atoms with van der Waals surface area (Å²) >= 11 is 1.47. The lowest BCUT2D eigenvalue weighted by Gasteiger charge is -2.20. The van der Waals surface area contributed by atoms with Crippen molar-refractivity contribution in [3.8, 4) is 0 Å². The van der Waals surface area contributed by atoms with Crippen LogP contribution in [0.15, 0.2) is 29.4 Å². The number of carbonyl (C=O) groups excluding carboxylic acids is 2. The number of rotatable bonds is 6. The second-order valence-corrected chi connectivity index (χ2v) is 9.39. The van der Waals surface area contributed by atoms with E-state index < -0.39 is 17.3 Å². The lowest BCUT2D eigenvalue weighted by molar-refractivity contribution is -0.155. The number of esters is 1. The van der Waals surface area contributed by atoms with E-state index >= 15 is 0 Å². The number of para-hydroxylation sites is 2. The number of hydrogen-bond donors (Lipinski definition) is 1. The molecule has 0 aliphatic heterocycles. The molecule has 0 saturated heterocycles. The SMILES string of the molecule is CC(C)(C)OC(=O)Cn1c(SCCNC(=O)OC(C)(C)C)nc2ccccc21. The van der Waals surface area contributed by atoms with Gasteiger partial charge in [-0.2, -0.15) is 0 Å². The van der Waals surface area contributed by atoms with Crippen molar-refractivity contribution in [3.05, 3.63) is 24.3 Å². The van der Waals surface area contributed by atoms with Crippen LogP contribution in [0.1, 0.15) is 41.5 Å². The smallest absolute Gasteiger partial charge is 0.407 e. The summed E-state index contributed by atoms with van der Waals surface area (Å²) in [5, 5.41) is 3.43. The van der Waals surface area contributed by atoms with Gasteiger partial charge in [-0.25, -0.2) is 9.78 Å². The van der Waals surface area contributed by atoms with E-state index in [1.165, 1.54) is 11.8 Å². The Morgan fingerprint density at radius 1 is 1.07 bits per heavy atom. The molecular formula is C20H29N3O4S. The van der Waals surface area contributed by atoms with Gasteiger partial charge in [-0.15, -0.1) is 0 Å². The zero-order chi connectivity index (χ0) is 20.9. The minimum Gasteiger partial charge on any atom is -0.459 e. The van der Waals surface area contributed by atoms with Gasteiger partial charge in [-0.3, -0.25) is 4.79 Å². The number of thioether (sulfide) groups is 1. The number of amides is 1. The quantitative estimate of drug-likeness (QED) is 0.443. The van der Waals surface area contributed by atoms with Crippen molar-refractivity contribution in [2.75, 3.05) is 12.3 Å². The van der Waals surface area contributed by atoms with Gasteiger partial charge >= 0.3 is 12.1 Å². The molecule has 0 aliphatic carbocycles. The molecule has 0 spiro atoms. The van der Waals surface area contributed by atoms with E-state index in [1.54, 1.807) is 0 Å². The van der Waals surface area contributed by atoms with Crippen LogP contribution in [0.2, 0.25) is 0 Å². The molecule has 1 amide bonds. The average molecular weight is 408 g/mol. The third kappa shape index (κ3) is 7.07. The Bertz CT molecular complexity index is 834. The van der Waals surface area contributed by atoms with Gasteiger partial charge < -0.3 is 19.4 Å². The molecule has 2 rings (SSSR count). The van der Waals surface area contributed by atoms with Crippen molar-refractivity contribution in [1.82, 2.24) is 14.9 Å². The monoisotopic (exact) mass is 407 g/mol. The minimum absolute atomic E-state index is 0.0829. The van der Waals surface area contributed by atoms with Crippen LogP contribution in [-0.4, -0.2) is 45.1 Å². The normalized spacial score (nSPS) is 12.1. The largest absolute Gasteiger partial charge is 0.459 e. The maximum absolute atomic E-state index is 12.3. The number of imidazole rings is 1. The Labute approximate surface area is 170 Å². The number of fused-ring (bicyclic) bond motifs is 1. The van der Waals surface area contributed by atoms with Gasteiger partial charge in [0.25, 0.3) is 0 Å². The minimum atomic E-state index is -0.544. The highest BCUT2D eigenvalue weighted by Crippen LogP contribution is 2.24. The summed E-state index contributed by atoms with van der Waals surface area (Å²) in [5.41, 5.74) is 0.612. The second-order valence-electron chi connectivity index (χ2n) is 8.33. The lowest BCUT2D eigenvalue weighted by Crippen LogP contribution is -2.33. The highest BCUT2D eigenvalue weighted by atomic mass is 32.2. The molecule has 0 fully saturated rings. The predicted molar refractivity (Wildman–Crippen MR) is 111 cm³/mol. The molecule has 1 N–H and O–H groups in total. The molecule has 0 saturated carbocycles. The van der Waals surface area contributed by atoms with E-state index in [0.29, 0.717) is 17.5 Å². The molecule has 0 aliphatic rings. The summed E-state index contributed by atoms with van der Waals surface area (Å²) in [6.45, 7) is 11.5. The highest BCUT2D eigenvalue weighted by Gasteiger charge is 2.20. The van der Waals surface area contributed by atoms with Crippen LogP contribution in [0, 0.1) is 0 Å². The maximum Gasteiger partial charge on any atom is 0.407 e. The topological polar surface area (TPSA) is 82.5 Å². The van der Waals surface area contributed by atoms with Gasteiger partial charge in [0.2, 0.25) is 0 Å². The molecule has 154 valence electrons. The first-order valence-corrected chi connectivity index (χ1v) is 10.2. The van der Waals surface area contributed by atoms with Crippen molar-refractivity contribution in [3.63, 3.8) is 0 Å². The van der Waals surface area contributed by atoms with Crippen molar-refractivity contribution in [1.29, 1.82) is 0 Å². The standard InChI is InChI=1S/C20H29N3O4S/c1-19(2,3)26-16(24)13-23-15-10-8-7-9-14(15)22-17(23)28-12-11-21-18(25)27-20(4,5)6/h7-10H,11-13H2,1-6H3,(H,21,25). The van der Waals surface area contributed by atoms with Crippen molar-refractivity contribution in [2.45, 2.75) is 64.4 Å². The van der Waals surface area contributed by atoms with Gasteiger partial charge in [-0.05, 0) is 53.7 Å². The molecule has 2 aromatic rings. The summed E-state index contributed by atoms with van der Waals surface area (Å²) in [4.78, 5) is 28.7. The van der Waals surface area contributed by atoms with Gasteiger partial charge in [0.15, 0.2) is 5.16 Å². The second kappa shape index (κ2) is 8.86. The van der Waals surface area contributed by atoms with E-state index in [-0.39, 0.29) is 12.5 Å². The first-order chi connectivity index (χ1) is 12.9. The highest BCUT2D eigenvalue weighted by molar-refractivity contribution is 7.99. The molecule has 1 aromatic heterocycles.